The van der Waals surface area contributed by atoms with Gasteiger partial charge in [-0.2, -0.15) is 0 Å². The molecule has 1 saturated heterocycles. The zero-order valence-electron chi connectivity index (χ0n) is 12.1. The number of amides is 2. The van der Waals surface area contributed by atoms with Gasteiger partial charge in [0.2, 0.25) is 0 Å². The highest BCUT2D eigenvalue weighted by Crippen LogP contribution is 2.24. The third-order valence-electron chi connectivity index (χ3n) is 4.01. The third-order valence-corrected chi connectivity index (χ3v) is 4.01. The molecule has 0 saturated carbocycles. The molecule has 1 aromatic rings. The Hall–Kier alpha value is -2.84. The lowest BCUT2D eigenvalue weighted by atomic mass is 10.2. The molecule has 0 spiro atoms. The summed E-state index contributed by atoms with van der Waals surface area (Å²) in [5.74, 6) is -1.25. The van der Waals surface area contributed by atoms with Gasteiger partial charge in [-0.15, -0.1) is 0 Å². The number of carboxylic acid groups (broad SMARTS) is 2. The second-order valence-electron chi connectivity index (χ2n) is 5.50. The number of fused-ring (bicyclic) bond motifs is 1. The summed E-state index contributed by atoms with van der Waals surface area (Å²) in [5, 5.41) is 18.1. The molecule has 2 atom stereocenters. The summed E-state index contributed by atoms with van der Waals surface area (Å²) in [6.07, 6.45) is -1.10. The van der Waals surface area contributed by atoms with Gasteiger partial charge < -0.3 is 14.9 Å². The molecule has 3 rings (SSSR count). The maximum atomic E-state index is 12.2. The first kappa shape index (κ1) is 15.1. The van der Waals surface area contributed by atoms with Crippen LogP contribution in [0.25, 0.3) is 0 Å². The standard InChI is InChI=1S/C14H15N3O6/c18-12(19)11-4-9(6-17(11)13(20)21)23-14(22)16-5-8-2-1-3-15-10(8)7-16/h1-3,9,11H,4-7H2,(H,18,19)(H,20,21). The van der Waals surface area contributed by atoms with Gasteiger partial charge in [0.15, 0.2) is 0 Å². The highest BCUT2D eigenvalue weighted by molar-refractivity contribution is 5.80. The number of likely N-dealkylation sites (tertiary alicyclic amines) is 1. The van der Waals surface area contributed by atoms with Gasteiger partial charge in [0.25, 0.3) is 0 Å². The van der Waals surface area contributed by atoms with Crippen LogP contribution in [0.5, 0.6) is 0 Å². The molecule has 23 heavy (non-hydrogen) atoms. The molecular formula is C14H15N3O6. The van der Waals surface area contributed by atoms with Gasteiger partial charge >= 0.3 is 18.2 Å². The zero-order valence-corrected chi connectivity index (χ0v) is 12.1. The highest BCUT2D eigenvalue weighted by Gasteiger charge is 2.42. The van der Waals surface area contributed by atoms with Crippen molar-refractivity contribution >= 4 is 18.2 Å². The van der Waals surface area contributed by atoms with E-state index < -0.39 is 30.3 Å². The summed E-state index contributed by atoms with van der Waals surface area (Å²) in [6.45, 7) is 0.559. The molecule has 3 heterocycles. The molecule has 0 aromatic carbocycles. The molecule has 1 aromatic heterocycles. The second-order valence-corrected chi connectivity index (χ2v) is 5.50. The fraction of sp³-hybridized carbons (Fsp3) is 0.429. The molecular weight excluding hydrogens is 306 g/mol. The minimum absolute atomic E-state index is 0.0492. The van der Waals surface area contributed by atoms with E-state index in [9.17, 15) is 14.4 Å². The van der Waals surface area contributed by atoms with E-state index in [1.807, 2.05) is 6.07 Å². The topological polar surface area (TPSA) is 120 Å². The lowest BCUT2D eigenvalue weighted by molar-refractivity contribution is -0.141. The number of aromatic nitrogens is 1. The fourth-order valence-corrected chi connectivity index (χ4v) is 2.87. The number of carbonyl (C=O) groups excluding carboxylic acids is 1. The van der Waals surface area contributed by atoms with Crippen molar-refractivity contribution in [3.05, 3.63) is 29.6 Å². The van der Waals surface area contributed by atoms with Gasteiger partial charge in [0.1, 0.15) is 12.1 Å². The van der Waals surface area contributed by atoms with Crippen molar-refractivity contribution in [1.29, 1.82) is 0 Å². The molecule has 0 radical (unpaired) electrons. The van der Waals surface area contributed by atoms with Crippen molar-refractivity contribution in [2.24, 2.45) is 0 Å². The first-order valence-electron chi connectivity index (χ1n) is 7.06. The van der Waals surface area contributed by atoms with Crippen LogP contribution < -0.4 is 0 Å². The van der Waals surface area contributed by atoms with Crippen LogP contribution in [0.1, 0.15) is 17.7 Å². The van der Waals surface area contributed by atoms with E-state index in [0.29, 0.717) is 13.1 Å². The number of rotatable bonds is 2. The van der Waals surface area contributed by atoms with E-state index >= 15 is 0 Å². The number of pyridine rings is 1. The van der Waals surface area contributed by atoms with Crippen molar-refractivity contribution in [2.75, 3.05) is 6.54 Å². The normalized spacial score (nSPS) is 22.8. The number of nitrogens with zero attached hydrogens (tertiary/aromatic N) is 3. The number of ether oxygens (including phenoxy) is 1. The first-order chi connectivity index (χ1) is 11.0. The molecule has 9 nitrogen and oxygen atoms in total. The van der Waals surface area contributed by atoms with Gasteiger partial charge in [-0.25, -0.2) is 14.4 Å². The Balaban J connectivity index is 1.61. The van der Waals surface area contributed by atoms with E-state index in [0.717, 1.165) is 16.2 Å². The Bertz CT molecular complexity index is 617. The largest absolute Gasteiger partial charge is 0.480 e. The number of hydrogen-bond acceptors (Lipinski definition) is 5. The maximum Gasteiger partial charge on any atom is 0.410 e. The average molecular weight is 321 g/mol. The Morgan fingerprint density at radius 1 is 1.26 bits per heavy atom. The third kappa shape index (κ3) is 2.89. The first-order valence-corrected chi connectivity index (χ1v) is 7.06. The van der Waals surface area contributed by atoms with Crippen molar-refractivity contribution in [2.45, 2.75) is 31.7 Å². The van der Waals surface area contributed by atoms with Gasteiger partial charge in [0.05, 0.1) is 25.3 Å². The van der Waals surface area contributed by atoms with Gasteiger partial charge in [-0.1, -0.05) is 6.07 Å². The van der Waals surface area contributed by atoms with Crippen LogP contribution in [0.15, 0.2) is 18.3 Å². The van der Waals surface area contributed by atoms with Crippen molar-refractivity contribution < 1.29 is 29.3 Å². The van der Waals surface area contributed by atoms with Gasteiger partial charge in [-0.05, 0) is 11.6 Å². The van der Waals surface area contributed by atoms with E-state index in [1.54, 1.807) is 12.3 Å². The zero-order chi connectivity index (χ0) is 16.6. The summed E-state index contributed by atoms with van der Waals surface area (Å²) in [4.78, 5) is 40.7. The van der Waals surface area contributed by atoms with E-state index in [4.69, 9.17) is 14.9 Å². The monoisotopic (exact) mass is 321 g/mol. The number of carboxylic acids is 1. The Morgan fingerprint density at radius 3 is 2.65 bits per heavy atom. The summed E-state index contributed by atoms with van der Waals surface area (Å²) >= 11 is 0. The van der Waals surface area contributed by atoms with Gasteiger partial charge in [0, 0.05) is 12.6 Å². The fourth-order valence-electron chi connectivity index (χ4n) is 2.87. The molecule has 1 fully saturated rings. The van der Waals surface area contributed by atoms with Crippen LogP contribution in [0.2, 0.25) is 0 Å². The van der Waals surface area contributed by atoms with Crippen molar-refractivity contribution in [1.82, 2.24) is 14.8 Å². The maximum absolute atomic E-state index is 12.2. The van der Waals surface area contributed by atoms with Gasteiger partial charge in [-0.3, -0.25) is 14.8 Å². The predicted molar refractivity (Wildman–Crippen MR) is 74.5 cm³/mol. The summed E-state index contributed by atoms with van der Waals surface area (Å²) in [6, 6.07) is 2.47. The molecule has 2 N–H and O–H groups in total. The number of hydrogen-bond donors (Lipinski definition) is 2. The van der Waals surface area contributed by atoms with Crippen LogP contribution in [0.3, 0.4) is 0 Å². The molecule has 2 unspecified atom stereocenters. The molecule has 2 amide bonds. The molecule has 2 aliphatic rings. The molecule has 0 aliphatic carbocycles. The Labute approximate surface area is 131 Å². The summed E-state index contributed by atoms with van der Waals surface area (Å²) in [5.41, 5.74) is 1.73. The lowest BCUT2D eigenvalue weighted by Crippen LogP contribution is -2.39. The Morgan fingerprint density at radius 2 is 2.04 bits per heavy atom. The second kappa shape index (κ2) is 5.75. The predicted octanol–water partition coefficient (Wildman–Crippen LogP) is 0.739. The summed E-state index contributed by atoms with van der Waals surface area (Å²) < 4.78 is 5.28. The van der Waals surface area contributed by atoms with Crippen LogP contribution in [-0.4, -0.2) is 61.8 Å². The van der Waals surface area contributed by atoms with Crippen LogP contribution in [0.4, 0.5) is 9.59 Å². The molecule has 122 valence electrons. The minimum atomic E-state index is -1.34. The number of carbonyl (C=O) groups is 3. The van der Waals surface area contributed by atoms with E-state index in [2.05, 4.69) is 4.98 Å². The average Bonchev–Trinajstić information content (AvgIpc) is 3.10. The quantitative estimate of drug-likeness (QED) is 0.824. The minimum Gasteiger partial charge on any atom is -0.480 e. The van der Waals surface area contributed by atoms with Crippen molar-refractivity contribution in [3.8, 4) is 0 Å². The van der Waals surface area contributed by atoms with Crippen LogP contribution in [-0.2, 0) is 22.6 Å². The van der Waals surface area contributed by atoms with E-state index in [1.165, 1.54) is 4.90 Å². The molecule has 9 heteroatoms. The molecule has 2 aliphatic heterocycles. The van der Waals surface area contributed by atoms with Crippen molar-refractivity contribution in [3.63, 3.8) is 0 Å². The Kier molecular flexibility index (Phi) is 3.77. The van der Waals surface area contributed by atoms with Crippen LogP contribution >= 0.6 is 0 Å². The smallest absolute Gasteiger partial charge is 0.410 e. The van der Waals surface area contributed by atoms with Crippen LogP contribution in [0, 0.1) is 0 Å². The highest BCUT2D eigenvalue weighted by atomic mass is 16.6. The molecule has 0 bridgehead atoms. The lowest BCUT2D eigenvalue weighted by Gasteiger charge is -2.19. The number of aliphatic carboxylic acids is 1. The summed E-state index contributed by atoms with van der Waals surface area (Å²) in [7, 11) is 0. The van der Waals surface area contributed by atoms with E-state index in [-0.39, 0.29) is 13.0 Å². The SMILES string of the molecule is O=C(O)C1CC(OC(=O)N2Cc3cccnc3C2)CN1C(=O)O.